The average Bonchev–Trinajstić information content (AvgIpc) is 2.38. The summed E-state index contributed by atoms with van der Waals surface area (Å²) in [6.07, 6.45) is 4.16. The van der Waals surface area contributed by atoms with E-state index in [-0.39, 0.29) is 17.3 Å². The molecule has 19 heavy (non-hydrogen) atoms. The summed E-state index contributed by atoms with van der Waals surface area (Å²) in [4.78, 5) is 0. The molecule has 3 rings (SSSR count). The second-order valence-corrected chi connectivity index (χ2v) is 6.44. The number of hydrogen-bond acceptors (Lipinski definition) is 2. The third kappa shape index (κ3) is 1.99. The molecule has 0 amide bonds. The Morgan fingerprint density at radius 3 is 2.74 bits per heavy atom. The molecular weight excluding hydrogens is 236 g/mol. The second kappa shape index (κ2) is 4.11. The quantitative estimate of drug-likeness (QED) is 0.700. The van der Waals surface area contributed by atoms with E-state index in [1.54, 1.807) is 0 Å². The molecule has 1 fully saturated rings. The summed E-state index contributed by atoms with van der Waals surface area (Å²) in [5.74, 6) is 1.36. The number of ether oxygens (including phenoxy) is 2. The Hall–Kier alpha value is -1.28. The van der Waals surface area contributed by atoms with Crippen molar-refractivity contribution in [3.63, 3.8) is 0 Å². The van der Waals surface area contributed by atoms with Crippen LogP contribution in [-0.2, 0) is 4.74 Å². The summed E-state index contributed by atoms with van der Waals surface area (Å²) >= 11 is 0. The molecule has 1 saturated heterocycles. The molecule has 2 aliphatic heterocycles. The van der Waals surface area contributed by atoms with Crippen LogP contribution in [0.1, 0.15) is 45.3 Å². The lowest BCUT2D eigenvalue weighted by Crippen LogP contribution is -2.50. The highest BCUT2D eigenvalue weighted by atomic mass is 16.5. The molecule has 2 nitrogen and oxygen atoms in total. The van der Waals surface area contributed by atoms with Gasteiger partial charge in [0, 0.05) is 11.5 Å². The maximum Gasteiger partial charge on any atom is 0.125 e. The fourth-order valence-electron chi connectivity index (χ4n) is 3.33. The van der Waals surface area contributed by atoms with Gasteiger partial charge < -0.3 is 9.47 Å². The van der Waals surface area contributed by atoms with Gasteiger partial charge in [0.15, 0.2) is 0 Å². The molecule has 0 saturated carbocycles. The van der Waals surface area contributed by atoms with Crippen LogP contribution in [0.15, 0.2) is 36.9 Å². The van der Waals surface area contributed by atoms with Crippen LogP contribution in [0.2, 0.25) is 0 Å². The number of fused-ring (bicyclic) bond motifs is 3. The van der Waals surface area contributed by atoms with E-state index >= 15 is 0 Å². The van der Waals surface area contributed by atoms with Crippen molar-refractivity contribution in [1.82, 2.24) is 0 Å². The van der Waals surface area contributed by atoms with Crippen LogP contribution >= 0.6 is 0 Å². The lowest BCUT2D eigenvalue weighted by molar-refractivity contribution is -0.172. The Balaban J connectivity index is 2.05. The number of hydrogen-bond donors (Lipinski definition) is 0. The molecule has 2 heterocycles. The number of para-hydroxylation sites is 1. The lowest BCUT2D eigenvalue weighted by Gasteiger charge is -2.51. The van der Waals surface area contributed by atoms with Crippen LogP contribution in [0, 0.1) is 5.92 Å². The average molecular weight is 258 g/mol. The van der Waals surface area contributed by atoms with E-state index in [4.69, 9.17) is 9.47 Å². The molecule has 0 spiro atoms. The first-order valence-electron chi connectivity index (χ1n) is 7.04. The summed E-state index contributed by atoms with van der Waals surface area (Å²) in [7, 11) is 0. The Labute approximate surface area is 115 Å². The summed E-state index contributed by atoms with van der Waals surface area (Å²) in [6.45, 7) is 10.4. The van der Waals surface area contributed by atoms with E-state index < -0.39 is 0 Å². The van der Waals surface area contributed by atoms with Crippen molar-refractivity contribution in [2.75, 3.05) is 0 Å². The Bertz CT molecular complexity index is 506. The maximum absolute atomic E-state index is 6.39. The van der Waals surface area contributed by atoms with E-state index in [2.05, 4.69) is 39.5 Å². The molecule has 0 radical (unpaired) electrons. The van der Waals surface area contributed by atoms with Crippen molar-refractivity contribution < 1.29 is 9.47 Å². The zero-order valence-corrected chi connectivity index (χ0v) is 12.0. The normalized spacial score (nSPS) is 35.7. The molecule has 2 heteroatoms. The fourth-order valence-corrected chi connectivity index (χ4v) is 3.33. The largest absolute Gasteiger partial charge is 0.487 e. The van der Waals surface area contributed by atoms with Crippen LogP contribution in [0.5, 0.6) is 5.75 Å². The summed E-state index contributed by atoms with van der Waals surface area (Å²) in [6, 6.07) is 8.24. The molecule has 0 N–H and O–H groups in total. The van der Waals surface area contributed by atoms with Crippen molar-refractivity contribution in [3.8, 4) is 5.75 Å². The smallest absolute Gasteiger partial charge is 0.125 e. The highest BCUT2D eigenvalue weighted by Crippen LogP contribution is 2.52. The predicted molar refractivity (Wildman–Crippen MR) is 76.3 cm³/mol. The van der Waals surface area contributed by atoms with Gasteiger partial charge in [-0.15, -0.1) is 6.58 Å². The van der Waals surface area contributed by atoms with Gasteiger partial charge in [-0.2, -0.15) is 0 Å². The van der Waals surface area contributed by atoms with Crippen molar-refractivity contribution in [3.05, 3.63) is 42.5 Å². The van der Waals surface area contributed by atoms with Crippen LogP contribution in [0.4, 0.5) is 0 Å². The highest BCUT2D eigenvalue weighted by molar-refractivity contribution is 5.39. The van der Waals surface area contributed by atoms with Gasteiger partial charge in [-0.1, -0.05) is 24.3 Å². The van der Waals surface area contributed by atoms with Crippen molar-refractivity contribution in [2.24, 2.45) is 5.92 Å². The molecule has 0 unspecified atom stereocenters. The number of benzene rings is 1. The first-order valence-corrected chi connectivity index (χ1v) is 7.04. The highest BCUT2D eigenvalue weighted by Gasteiger charge is 2.49. The van der Waals surface area contributed by atoms with E-state index in [9.17, 15) is 0 Å². The molecule has 2 aliphatic rings. The Morgan fingerprint density at radius 2 is 2.00 bits per heavy atom. The van der Waals surface area contributed by atoms with Crippen LogP contribution in [0.3, 0.4) is 0 Å². The van der Waals surface area contributed by atoms with Crippen LogP contribution in [0.25, 0.3) is 0 Å². The first kappa shape index (κ1) is 12.7. The minimum atomic E-state index is -0.221. The molecule has 0 aromatic heterocycles. The number of rotatable bonds is 1. The van der Waals surface area contributed by atoms with Crippen molar-refractivity contribution >= 4 is 0 Å². The van der Waals surface area contributed by atoms with Gasteiger partial charge in [0.25, 0.3) is 0 Å². The van der Waals surface area contributed by atoms with Gasteiger partial charge >= 0.3 is 0 Å². The third-order valence-corrected chi connectivity index (χ3v) is 4.64. The van der Waals surface area contributed by atoms with E-state index in [0.717, 1.165) is 18.6 Å². The Kier molecular flexibility index (Phi) is 2.75. The van der Waals surface area contributed by atoms with Gasteiger partial charge in [0.2, 0.25) is 0 Å². The molecule has 1 aromatic rings. The standard InChI is InChI=1S/C17H22O2/c1-5-17(4)11-10-13-15(19-17)12-8-6-7-9-14(12)18-16(13,2)3/h5-9,13,15H,1,10-11H2,2-4H3/t13-,15+,17+/m0/s1. The molecule has 3 atom stereocenters. The molecule has 1 aromatic carbocycles. The molecule has 0 aliphatic carbocycles. The van der Waals surface area contributed by atoms with Gasteiger partial charge in [0.1, 0.15) is 11.4 Å². The molecular formula is C17H22O2. The maximum atomic E-state index is 6.39. The molecule has 0 bridgehead atoms. The topological polar surface area (TPSA) is 18.5 Å². The summed E-state index contributed by atoms with van der Waals surface area (Å²) < 4.78 is 12.6. The fraction of sp³-hybridized carbons (Fsp3) is 0.529. The lowest BCUT2D eigenvalue weighted by atomic mass is 9.73. The SMILES string of the molecule is C=C[C@]1(C)CC[C@H]2[C@H](O1)c1ccccc1OC2(C)C. The van der Waals surface area contributed by atoms with Crippen molar-refractivity contribution in [1.29, 1.82) is 0 Å². The van der Waals surface area contributed by atoms with Crippen molar-refractivity contribution in [2.45, 2.75) is 50.9 Å². The summed E-state index contributed by atoms with van der Waals surface area (Å²) in [5.41, 5.74) is 0.781. The summed E-state index contributed by atoms with van der Waals surface area (Å²) in [5, 5.41) is 0. The predicted octanol–water partition coefficient (Wildman–Crippen LogP) is 4.27. The zero-order chi connectivity index (χ0) is 13.7. The van der Waals surface area contributed by atoms with Gasteiger partial charge in [-0.3, -0.25) is 0 Å². The first-order chi connectivity index (χ1) is 8.95. The minimum absolute atomic E-state index is 0.108. The van der Waals surface area contributed by atoms with E-state index in [1.807, 2.05) is 18.2 Å². The zero-order valence-electron chi connectivity index (χ0n) is 12.0. The van der Waals surface area contributed by atoms with Gasteiger partial charge in [-0.25, -0.2) is 0 Å². The van der Waals surface area contributed by atoms with Crippen LogP contribution in [-0.4, -0.2) is 11.2 Å². The van der Waals surface area contributed by atoms with E-state index in [0.29, 0.717) is 5.92 Å². The van der Waals surface area contributed by atoms with Gasteiger partial charge in [0.05, 0.1) is 11.7 Å². The van der Waals surface area contributed by atoms with E-state index in [1.165, 1.54) is 5.56 Å². The van der Waals surface area contributed by atoms with Gasteiger partial charge in [-0.05, 0) is 39.7 Å². The monoisotopic (exact) mass is 258 g/mol. The Morgan fingerprint density at radius 1 is 1.26 bits per heavy atom. The second-order valence-electron chi connectivity index (χ2n) is 6.44. The minimum Gasteiger partial charge on any atom is -0.487 e. The van der Waals surface area contributed by atoms with Crippen LogP contribution < -0.4 is 4.74 Å². The third-order valence-electron chi connectivity index (χ3n) is 4.64. The molecule has 102 valence electrons.